The fourth-order valence-electron chi connectivity index (χ4n) is 3.10. The average Bonchev–Trinajstić information content (AvgIpc) is 3.31. The van der Waals surface area contributed by atoms with Crippen LogP contribution < -0.4 is 0 Å². The second kappa shape index (κ2) is 6.43. The largest absolute Gasteiger partial charge is 0.337 e. The van der Waals surface area contributed by atoms with Crippen molar-refractivity contribution >= 4 is 5.91 Å². The highest BCUT2D eigenvalue weighted by molar-refractivity contribution is 5.92. The van der Waals surface area contributed by atoms with Gasteiger partial charge in [-0.3, -0.25) is 9.78 Å². The monoisotopic (exact) mass is 335 g/mol. The van der Waals surface area contributed by atoms with Crippen molar-refractivity contribution in [2.75, 3.05) is 6.54 Å². The Balaban J connectivity index is 1.60. The summed E-state index contributed by atoms with van der Waals surface area (Å²) in [4.78, 5) is 27.0. The minimum Gasteiger partial charge on any atom is -0.337 e. The average molecular weight is 335 g/mol. The molecule has 0 unspecified atom stereocenters. The van der Waals surface area contributed by atoms with E-state index < -0.39 is 0 Å². The topological polar surface area (TPSA) is 85.0 Å². The van der Waals surface area contributed by atoms with Crippen LogP contribution in [0, 0.1) is 6.92 Å². The Bertz CT molecular complexity index is 893. The van der Waals surface area contributed by atoms with E-state index in [4.69, 9.17) is 4.52 Å². The van der Waals surface area contributed by atoms with E-state index in [1.165, 1.54) is 12.4 Å². The number of hydrogen-bond donors (Lipinski definition) is 0. The van der Waals surface area contributed by atoms with Gasteiger partial charge in [0.25, 0.3) is 5.91 Å². The van der Waals surface area contributed by atoms with E-state index in [1.54, 1.807) is 11.1 Å². The zero-order valence-electron chi connectivity index (χ0n) is 13.8. The van der Waals surface area contributed by atoms with E-state index in [2.05, 4.69) is 20.1 Å². The van der Waals surface area contributed by atoms with Crippen LogP contribution in [-0.2, 0) is 0 Å². The molecule has 0 spiro atoms. The smallest absolute Gasteiger partial charge is 0.274 e. The summed E-state index contributed by atoms with van der Waals surface area (Å²) in [6.07, 6.45) is 6.22. The predicted molar refractivity (Wildman–Crippen MR) is 89.5 cm³/mol. The van der Waals surface area contributed by atoms with Crippen molar-refractivity contribution in [1.29, 1.82) is 0 Å². The van der Waals surface area contributed by atoms with Crippen molar-refractivity contribution in [2.24, 2.45) is 0 Å². The van der Waals surface area contributed by atoms with Gasteiger partial charge >= 0.3 is 0 Å². The van der Waals surface area contributed by atoms with Gasteiger partial charge in [-0.2, -0.15) is 4.98 Å². The van der Waals surface area contributed by atoms with E-state index >= 15 is 0 Å². The predicted octanol–water partition coefficient (Wildman–Crippen LogP) is 2.81. The number of carbonyl (C=O) groups excluding carboxylic acids is 1. The van der Waals surface area contributed by atoms with Crippen LogP contribution in [-0.4, -0.2) is 37.5 Å². The van der Waals surface area contributed by atoms with Gasteiger partial charge in [0, 0.05) is 24.5 Å². The molecule has 1 atom stereocenters. The van der Waals surface area contributed by atoms with E-state index in [-0.39, 0.29) is 11.9 Å². The van der Waals surface area contributed by atoms with Crippen LogP contribution in [0.5, 0.6) is 0 Å². The summed E-state index contributed by atoms with van der Waals surface area (Å²) in [5.41, 5.74) is 2.36. The minimum atomic E-state index is -0.222. The third kappa shape index (κ3) is 3.00. The lowest BCUT2D eigenvalue weighted by molar-refractivity contribution is 0.0703. The van der Waals surface area contributed by atoms with Gasteiger partial charge in [0.1, 0.15) is 11.7 Å². The first-order chi connectivity index (χ1) is 12.2. The molecule has 1 aliphatic rings. The van der Waals surface area contributed by atoms with E-state index in [0.717, 1.165) is 24.0 Å². The summed E-state index contributed by atoms with van der Waals surface area (Å²) in [5, 5.41) is 4.09. The fourth-order valence-corrected chi connectivity index (χ4v) is 3.10. The van der Waals surface area contributed by atoms with Crippen LogP contribution in [0.4, 0.5) is 0 Å². The zero-order chi connectivity index (χ0) is 17.2. The minimum absolute atomic E-state index is 0.161. The Kier molecular flexibility index (Phi) is 3.97. The van der Waals surface area contributed by atoms with Crippen molar-refractivity contribution in [3.8, 4) is 11.4 Å². The molecule has 0 aliphatic carbocycles. The highest BCUT2D eigenvalue weighted by Crippen LogP contribution is 2.33. The molecule has 1 amide bonds. The molecule has 7 heteroatoms. The van der Waals surface area contributed by atoms with Gasteiger partial charge in [0.05, 0.1) is 6.20 Å². The molecule has 7 nitrogen and oxygen atoms in total. The number of amides is 1. The first-order valence-corrected chi connectivity index (χ1v) is 8.20. The van der Waals surface area contributed by atoms with E-state index in [9.17, 15) is 4.79 Å². The van der Waals surface area contributed by atoms with Gasteiger partial charge in [-0.25, -0.2) is 4.98 Å². The number of aromatic nitrogens is 4. The standard InChI is InChI=1S/C18H17N5O2/c1-12-4-2-5-13(10-12)16-21-17(25-22-16)15-6-3-9-23(15)18(24)14-11-19-7-8-20-14/h2,4-5,7-8,10-11,15H,3,6,9H2,1H3/t15-/m0/s1. The molecule has 3 heterocycles. The first kappa shape index (κ1) is 15.4. The molecule has 1 fully saturated rings. The maximum Gasteiger partial charge on any atom is 0.274 e. The van der Waals surface area contributed by atoms with Crippen LogP contribution in [0.15, 0.2) is 47.4 Å². The number of benzene rings is 1. The quantitative estimate of drug-likeness (QED) is 0.732. The third-order valence-corrected chi connectivity index (χ3v) is 4.30. The van der Waals surface area contributed by atoms with E-state index in [1.807, 2.05) is 31.2 Å². The molecule has 0 saturated carbocycles. The van der Waals surface area contributed by atoms with Gasteiger partial charge in [-0.1, -0.05) is 28.9 Å². The molecule has 126 valence electrons. The zero-order valence-corrected chi connectivity index (χ0v) is 13.8. The Morgan fingerprint density at radius 2 is 2.24 bits per heavy atom. The number of likely N-dealkylation sites (tertiary alicyclic amines) is 1. The second-order valence-corrected chi connectivity index (χ2v) is 6.07. The third-order valence-electron chi connectivity index (χ3n) is 4.30. The summed E-state index contributed by atoms with van der Waals surface area (Å²) in [5.74, 6) is 0.842. The van der Waals surface area contributed by atoms with Gasteiger partial charge in [-0.15, -0.1) is 0 Å². The molecule has 1 aliphatic heterocycles. The van der Waals surface area contributed by atoms with Crippen molar-refractivity contribution in [2.45, 2.75) is 25.8 Å². The number of rotatable bonds is 3. The maximum atomic E-state index is 12.7. The van der Waals surface area contributed by atoms with Crippen molar-refractivity contribution < 1.29 is 9.32 Å². The highest BCUT2D eigenvalue weighted by Gasteiger charge is 2.35. The SMILES string of the molecule is Cc1cccc(-c2noc([C@@H]3CCCN3C(=O)c3cnccn3)n2)c1. The summed E-state index contributed by atoms with van der Waals surface area (Å²) >= 11 is 0. The normalized spacial score (nSPS) is 17.0. The number of carbonyl (C=O) groups is 1. The van der Waals surface area contributed by atoms with Gasteiger partial charge < -0.3 is 9.42 Å². The lowest BCUT2D eigenvalue weighted by Gasteiger charge is -2.21. The number of nitrogens with zero attached hydrogens (tertiary/aromatic N) is 5. The van der Waals surface area contributed by atoms with Crippen molar-refractivity contribution in [1.82, 2.24) is 25.0 Å². The lowest BCUT2D eigenvalue weighted by Crippen LogP contribution is -2.31. The molecule has 4 rings (SSSR count). The van der Waals surface area contributed by atoms with Crippen LogP contribution in [0.1, 0.15) is 40.8 Å². The fraction of sp³-hybridized carbons (Fsp3) is 0.278. The molecule has 0 bridgehead atoms. The lowest BCUT2D eigenvalue weighted by atomic mass is 10.1. The maximum absolute atomic E-state index is 12.7. The van der Waals surface area contributed by atoms with Gasteiger partial charge in [0.2, 0.25) is 11.7 Å². The van der Waals surface area contributed by atoms with Gasteiger partial charge in [-0.05, 0) is 25.8 Å². The van der Waals surface area contributed by atoms with E-state index in [0.29, 0.717) is 24.0 Å². The van der Waals surface area contributed by atoms with Crippen LogP contribution in [0.3, 0.4) is 0 Å². The Labute approximate surface area is 144 Å². The molecular formula is C18H17N5O2. The van der Waals surface area contributed by atoms with Crippen LogP contribution in [0.25, 0.3) is 11.4 Å². The Morgan fingerprint density at radius 1 is 1.32 bits per heavy atom. The highest BCUT2D eigenvalue weighted by atomic mass is 16.5. The molecule has 25 heavy (non-hydrogen) atoms. The van der Waals surface area contributed by atoms with Crippen molar-refractivity contribution in [3.05, 3.63) is 60.0 Å². The van der Waals surface area contributed by atoms with Gasteiger partial charge in [0.15, 0.2) is 0 Å². The molecule has 3 aromatic rings. The Morgan fingerprint density at radius 3 is 3.04 bits per heavy atom. The number of aryl methyl sites for hydroxylation is 1. The molecule has 1 saturated heterocycles. The summed E-state index contributed by atoms with van der Waals surface area (Å²) in [7, 11) is 0. The van der Waals surface area contributed by atoms with Crippen LogP contribution >= 0.6 is 0 Å². The summed E-state index contributed by atoms with van der Waals surface area (Å²) < 4.78 is 5.47. The summed E-state index contributed by atoms with van der Waals surface area (Å²) in [6.45, 7) is 2.66. The Hall–Kier alpha value is -3.09. The van der Waals surface area contributed by atoms with Crippen molar-refractivity contribution in [3.63, 3.8) is 0 Å². The molecule has 2 aromatic heterocycles. The molecule has 0 N–H and O–H groups in total. The second-order valence-electron chi connectivity index (χ2n) is 6.07. The molecule has 1 aromatic carbocycles. The summed E-state index contributed by atoms with van der Waals surface area (Å²) in [6, 6.07) is 7.70. The van der Waals surface area contributed by atoms with Crippen LogP contribution in [0.2, 0.25) is 0 Å². The first-order valence-electron chi connectivity index (χ1n) is 8.20. The molecular weight excluding hydrogens is 318 g/mol. The number of hydrogen-bond acceptors (Lipinski definition) is 6. The molecule has 0 radical (unpaired) electrons.